The minimum absolute atomic E-state index is 0.213. The van der Waals surface area contributed by atoms with Crippen LogP contribution in [0.2, 0.25) is 0 Å². The van der Waals surface area contributed by atoms with Gasteiger partial charge in [-0.25, -0.2) is 0 Å². The maximum atomic E-state index is 11.7. The smallest absolute Gasteiger partial charge is 0.248 e. The highest BCUT2D eigenvalue weighted by Gasteiger charge is 2.03. The van der Waals surface area contributed by atoms with Crippen molar-refractivity contribution in [3.8, 4) is 0 Å². The van der Waals surface area contributed by atoms with Crippen LogP contribution in [0.25, 0.3) is 6.08 Å². The first kappa shape index (κ1) is 13.1. The van der Waals surface area contributed by atoms with Crippen LogP contribution in [0.1, 0.15) is 5.76 Å². The van der Waals surface area contributed by atoms with Gasteiger partial charge in [0.2, 0.25) is 5.91 Å². The van der Waals surface area contributed by atoms with Crippen molar-refractivity contribution in [2.75, 3.05) is 5.32 Å². The van der Waals surface area contributed by atoms with Crippen molar-refractivity contribution in [2.45, 2.75) is 0 Å². The van der Waals surface area contributed by atoms with E-state index in [0.29, 0.717) is 11.4 Å². The van der Waals surface area contributed by atoms with Crippen molar-refractivity contribution in [3.05, 3.63) is 57.4 Å². The summed E-state index contributed by atoms with van der Waals surface area (Å²) in [6.45, 7) is 0. The molecule has 0 aliphatic rings. The first-order chi connectivity index (χ1) is 8.65. The van der Waals surface area contributed by atoms with Gasteiger partial charge in [0.1, 0.15) is 5.76 Å². The molecule has 0 fully saturated rings. The van der Waals surface area contributed by atoms with E-state index in [4.69, 9.17) is 4.42 Å². The van der Waals surface area contributed by atoms with Crippen LogP contribution >= 0.6 is 31.9 Å². The van der Waals surface area contributed by atoms with E-state index in [1.165, 1.54) is 6.08 Å². The number of furan rings is 1. The second-order valence-electron chi connectivity index (χ2n) is 3.46. The third kappa shape index (κ3) is 3.58. The van der Waals surface area contributed by atoms with Crippen molar-refractivity contribution in [2.24, 2.45) is 0 Å². The molecule has 0 radical (unpaired) electrons. The van der Waals surface area contributed by atoms with Crippen molar-refractivity contribution in [1.82, 2.24) is 0 Å². The molecule has 2 rings (SSSR count). The molecular formula is C13H9Br2NO2. The third-order valence-electron chi connectivity index (χ3n) is 2.13. The van der Waals surface area contributed by atoms with E-state index in [-0.39, 0.29) is 5.91 Å². The molecule has 92 valence electrons. The molecule has 1 amide bonds. The van der Waals surface area contributed by atoms with E-state index in [9.17, 15) is 4.79 Å². The summed E-state index contributed by atoms with van der Waals surface area (Å²) in [6.07, 6.45) is 4.60. The number of hydrogen-bond acceptors (Lipinski definition) is 2. The molecule has 1 heterocycles. The van der Waals surface area contributed by atoms with Gasteiger partial charge in [-0.3, -0.25) is 4.79 Å². The van der Waals surface area contributed by atoms with E-state index in [2.05, 4.69) is 37.2 Å². The summed E-state index contributed by atoms with van der Waals surface area (Å²) in [5, 5.41) is 2.76. The molecule has 3 nitrogen and oxygen atoms in total. The average molecular weight is 371 g/mol. The number of amides is 1. The van der Waals surface area contributed by atoms with Gasteiger partial charge in [-0.15, -0.1) is 0 Å². The molecule has 0 spiro atoms. The molecule has 18 heavy (non-hydrogen) atoms. The van der Waals surface area contributed by atoms with Crippen LogP contribution in [0.4, 0.5) is 5.69 Å². The monoisotopic (exact) mass is 369 g/mol. The summed E-state index contributed by atoms with van der Waals surface area (Å²) in [6, 6.07) is 9.08. The molecular weight excluding hydrogens is 362 g/mol. The molecule has 2 aromatic rings. The normalized spacial score (nSPS) is 10.8. The van der Waals surface area contributed by atoms with Crippen LogP contribution in [0.5, 0.6) is 0 Å². The van der Waals surface area contributed by atoms with Crippen molar-refractivity contribution in [3.63, 3.8) is 0 Å². The average Bonchev–Trinajstić information content (AvgIpc) is 2.83. The maximum absolute atomic E-state index is 11.7. The highest BCUT2D eigenvalue weighted by atomic mass is 79.9. The standard InChI is InChI=1S/C13H9Br2NO2/c14-9-3-5-12(11(15)8-9)16-13(17)6-4-10-2-1-7-18-10/h1-8H,(H,16,17)/b6-4+. The van der Waals surface area contributed by atoms with Gasteiger partial charge >= 0.3 is 0 Å². The molecule has 0 saturated carbocycles. The number of anilines is 1. The molecule has 0 bridgehead atoms. The van der Waals surface area contributed by atoms with Gasteiger partial charge in [0.25, 0.3) is 0 Å². The lowest BCUT2D eigenvalue weighted by atomic mass is 10.3. The first-order valence-corrected chi connectivity index (χ1v) is 6.71. The number of rotatable bonds is 3. The zero-order valence-electron chi connectivity index (χ0n) is 9.19. The molecule has 0 atom stereocenters. The van der Waals surface area contributed by atoms with Crippen molar-refractivity contribution >= 4 is 49.5 Å². The van der Waals surface area contributed by atoms with Crippen LogP contribution in [-0.2, 0) is 4.79 Å². The summed E-state index contributed by atoms with van der Waals surface area (Å²) in [5.41, 5.74) is 0.715. The largest absolute Gasteiger partial charge is 0.465 e. The Kier molecular flexibility index (Phi) is 4.38. The molecule has 1 aromatic carbocycles. The van der Waals surface area contributed by atoms with E-state index in [0.717, 1.165) is 8.95 Å². The lowest BCUT2D eigenvalue weighted by molar-refractivity contribution is -0.111. The summed E-state index contributed by atoms with van der Waals surface area (Å²) in [5.74, 6) is 0.425. The lowest BCUT2D eigenvalue weighted by Crippen LogP contribution is -2.08. The van der Waals surface area contributed by atoms with Gasteiger partial charge in [0.05, 0.1) is 12.0 Å². The maximum Gasteiger partial charge on any atom is 0.248 e. The molecule has 0 saturated heterocycles. The number of carbonyl (C=O) groups excluding carboxylic acids is 1. The van der Waals surface area contributed by atoms with Crippen LogP contribution < -0.4 is 5.32 Å². The highest BCUT2D eigenvalue weighted by Crippen LogP contribution is 2.26. The van der Waals surface area contributed by atoms with Gasteiger partial charge in [-0.2, -0.15) is 0 Å². The van der Waals surface area contributed by atoms with Crippen LogP contribution in [0, 0.1) is 0 Å². The second kappa shape index (κ2) is 6.02. The van der Waals surface area contributed by atoms with Gasteiger partial charge in [0.15, 0.2) is 0 Å². The molecule has 1 aromatic heterocycles. The van der Waals surface area contributed by atoms with Gasteiger partial charge < -0.3 is 9.73 Å². The zero-order valence-corrected chi connectivity index (χ0v) is 12.4. The topological polar surface area (TPSA) is 42.2 Å². The quantitative estimate of drug-likeness (QED) is 0.810. The van der Waals surface area contributed by atoms with E-state index < -0.39 is 0 Å². The Bertz CT molecular complexity index is 577. The Balaban J connectivity index is 2.03. The van der Waals surface area contributed by atoms with E-state index >= 15 is 0 Å². The van der Waals surface area contributed by atoms with E-state index in [1.54, 1.807) is 24.5 Å². The number of benzene rings is 1. The highest BCUT2D eigenvalue weighted by molar-refractivity contribution is 9.11. The summed E-state index contributed by atoms with van der Waals surface area (Å²) in [7, 11) is 0. The second-order valence-corrected chi connectivity index (χ2v) is 5.23. The fraction of sp³-hybridized carbons (Fsp3) is 0. The molecule has 1 N–H and O–H groups in total. The Morgan fingerprint density at radius 1 is 1.28 bits per heavy atom. The predicted molar refractivity (Wildman–Crippen MR) is 78.2 cm³/mol. The van der Waals surface area contributed by atoms with Crippen LogP contribution in [0.15, 0.2) is 56.0 Å². The number of hydrogen-bond donors (Lipinski definition) is 1. The van der Waals surface area contributed by atoms with E-state index in [1.807, 2.05) is 18.2 Å². The molecule has 5 heteroatoms. The lowest BCUT2D eigenvalue weighted by Gasteiger charge is -2.05. The molecule has 0 aliphatic carbocycles. The summed E-state index contributed by atoms with van der Waals surface area (Å²) >= 11 is 6.73. The fourth-order valence-electron chi connectivity index (χ4n) is 1.31. The van der Waals surface area contributed by atoms with Crippen molar-refractivity contribution in [1.29, 1.82) is 0 Å². The number of nitrogens with one attached hydrogen (secondary N) is 1. The summed E-state index contributed by atoms with van der Waals surface area (Å²) in [4.78, 5) is 11.7. The number of carbonyl (C=O) groups is 1. The predicted octanol–water partition coefficient (Wildman–Crippen LogP) is 4.46. The fourth-order valence-corrected chi connectivity index (χ4v) is 2.46. The number of halogens is 2. The SMILES string of the molecule is O=C(/C=C/c1ccco1)Nc1ccc(Br)cc1Br. The summed E-state index contributed by atoms with van der Waals surface area (Å²) < 4.78 is 6.85. The zero-order chi connectivity index (χ0) is 13.0. The van der Waals surface area contributed by atoms with Crippen molar-refractivity contribution < 1.29 is 9.21 Å². The molecule has 0 aliphatic heterocycles. The first-order valence-electron chi connectivity index (χ1n) is 5.13. The van der Waals surface area contributed by atoms with Gasteiger partial charge in [0, 0.05) is 15.0 Å². The Labute approximate surface area is 121 Å². The Morgan fingerprint density at radius 3 is 2.78 bits per heavy atom. The third-order valence-corrected chi connectivity index (χ3v) is 3.28. The van der Waals surface area contributed by atoms with Gasteiger partial charge in [-0.1, -0.05) is 15.9 Å². The Morgan fingerprint density at radius 2 is 2.11 bits per heavy atom. The van der Waals surface area contributed by atoms with Crippen LogP contribution in [-0.4, -0.2) is 5.91 Å². The minimum Gasteiger partial charge on any atom is -0.465 e. The molecule has 0 unspecified atom stereocenters. The Hall–Kier alpha value is -1.33. The van der Waals surface area contributed by atoms with Gasteiger partial charge in [-0.05, 0) is 52.3 Å². The van der Waals surface area contributed by atoms with Crippen LogP contribution in [0.3, 0.4) is 0 Å². The minimum atomic E-state index is -0.213.